The number of aromatic carboxylic acids is 1. The van der Waals surface area contributed by atoms with Crippen LogP contribution in [-0.2, 0) is 16.1 Å². The van der Waals surface area contributed by atoms with Crippen LogP contribution in [0.25, 0.3) is 0 Å². The second-order valence-electron chi connectivity index (χ2n) is 4.11. The molecule has 0 saturated heterocycles. The molecule has 0 unspecified atom stereocenters. The summed E-state index contributed by atoms with van der Waals surface area (Å²) in [6.45, 7) is 2.15. The summed E-state index contributed by atoms with van der Waals surface area (Å²) in [6.07, 6.45) is 1.38. The molecule has 0 aliphatic rings. The van der Waals surface area contributed by atoms with Crippen molar-refractivity contribution in [1.29, 1.82) is 0 Å². The zero-order valence-corrected chi connectivity index (χ0v) is 11.8. The minimum absolute atomic E-state index is 0.0639. The molecule has 0 bridgehead atoms. The van der Waals surface area contributed by atoms with Gasteiger partial charge < -0.3 is 20.1 Å². The van der Waals surface area contributed by atoms with Crippen LogP contribution < -0.4 is 5.32 Å². The van der Waals surface area contributed by atoms with Crippen LogP contribution in [0.1, 0.15) is 23.0 Å². The van der Waals surface area contributed by atoms with Crippen LogP contribution in [-0.4, -0.2) is 53.2 Å². The van der Waals surface area contributed by atoms with Gasteiger partial charge in [-0.3, -0.25) is 4.79 Å². The Morgan fingerprint density at radius 1 is 1.38 bits per heavy atom. The number of likely N-dealkylation sites (N-methyl/N-ethyl adjacent to an activating group) is 1. The topological polar surface area (TPSA) is 109 Å². The lowest BCUT2D eigenvalue weighted by Crippen LogP contribution is -2.42. The average molecular weight is 295 g/mol. The van der Waals surface area contributed by atoms with Gasteiger partial charge in [0.15, 0.2) is 0 Å². The molecule has 0 atom stereocenters. The quantitative estimate of drug-likeness (QED) is 0.739. The lowest BCUT2D eigenvalue weighted by molar-refractivity contribution is -0.141. The van der Waals surface area contributed by atoms with Gasteiger partial charge in [-0.25, -0.2) is 14.6 Å². The minimum atomic E-state index is -1.11. The van der Waals surface area contributed by atoms with Gasteiger partial charge in [-0.15, -0.1) is 0 Å². The number of carboxylic acids is 1. The average Bonchev–Trinajstić information content (AvgIpc) is 2.50. The molecule has 2 N–H and O–H groups in total. The van der Waals surface area contributed by atoms with Gasteiger partial charge in [0.2, 0.25) is 0 Å². The predicted molar refractivity (Wildman–Crippen MR) is 72.7 cm³/mol. The van der Waals surface area contributed by atoms with Crippen LogP contribution in [0.5, 0.6) is 0 Å². The molecule has 1 aromatic rings. The Morgan fingerprint density at radius 2 is 2.10 bits per heavy atom. The van der Waals surface area contributed by atoms with Crippen LogP contribution in [0, 0.1) is 0 Å². The third kappa shape index (κ3) is 5.09. The molecule has 2 amide bonds. The Hall–Kier alpha value is -2.64. The van der Waals surface area contributed by atoms with Gasteiger partial charge in [0, 0.05) is 19.3 Å². The number of carbonyl (C=O) groups is 3. The summed E-state index contributed by atoms with van der Waals surface area (Å²) in [4.78, 5) is 38.7. The Bertz CT molecular complexity index is 515. The summed E-state index contributed by atoms with van der Waals surface area (Å²) in [6, 6.07) is 2.51. The van der Waals surface area contributed by atoms with E-state index >= 15 is 0 Å². The number of nitrogens with zero attached hydrogens (tertiary/aromatic N) is 2. The molecule has 0 radical (unpaired) electrons. The fraction of sp³-hybridized carbons (Fsp3) is 0.385. The van der Waals surface area contributed by atoms with E-state index in [0.717, 1.165) is 0 Å². The van der Waals surface area contributed by atoms with Gasteiger partial charge in [0.25, 0.3) is 0 Å². The maximum atomic E-state index is 11.9. The normalized spacial score (nSPS) is 9.81. The zero-order valence-electron chi connectivity index (χ0n) is 11.8. The molecule has 8 nitrogen and oxygen atoms in total. The highest BCUT2D eigenvalue weighted by molar-refractivity contribution is 5.85. The maximum absolute atomic E-state index is 11.9. The summed E-state index contributed by atoms with van der Waals surface area (Å²) in [7, 11) is 1.25. The number of amides is 2. The SMILES string of the molecule is CCN(CC(=O)OC)C(=O)NCc1ccc(C(=O)O)nc1. The summed E-state index contributed by atoms with van der Waals surface area (Å²) >= 11 is 0. The highest BCUT2D eigenvalue weighted by Gasteiger charge is 2.15. The molecule has 0 saturated carbocycles. The van der Waals surface area contributed by atoms with Gasteiger partial charge in [-0.1, -0.05) is 6.07 Å². The molecule has 1 rings (SSSR count). The van der Waals surface area contributed by atoms with E-state index in [1.807, 2.05) is 0 Å². The van der Waals surface area contributed by atoms with Crippen LogP contribution in [0.3, 0.4) is 0 Å². The molecule has 1 aromatic heterocycles. The van der Waals surface area contributed by atoms with Crippen molar-refractivity contribution in [2.75, 3.05) is 20.2 Å². The number of carboxylic acid groups (broad SMARTS) is 1. The molecule has 0 spiro atoms. The van der Waals surface area contributed by atoms with Crippen molar-refractivity contribution in [1.82, 2.24) is 15.2 Å². The summed E-state index contributed by atoms with van der Waals surface area (Å²) in [5, 5.41) is 11.3. The van der Waals surface area contributed by atoms with Crippen LogP contribution in [0.15, 0.2) is 18.3 Å². The van der Waals surface area contributed by atoms with Crippen LogP contribution >= 0.6 is 0 Å². The van der Waals surface area contributed by atoms with Gasteiger partial charge in [-0.2, -0.15) is 0 Å². The van der Waals surface area contributed by atoms with Gasteiger partial charge >= 0.3 is 18.0 Å². The van der Waals surface area contributed by atoms with Crippen LogP contribution in [0.4, 0.5) is 4.79 Å². The minimum Gasteiger partial charge on any atom is -0.477 e. The first-order valence-electron chi connectivity index (χ1n) is 6.25. The van der Waals surface area contributed by atoms with E-state index in [0.29, 0.717) is 12.1 Å². The van der Waals surface area contributed by atoms with E-state index in [2.05, 4.69) is 15.0 Å². The monoisotopic (exact) mass is 295 g/mol. The van der Waals surface area contributed by atoms with E-state index in [-0.39, 0.29) is 18.8 Å². The number of pyridine rings is 1. The molecule has 0 aliphatic carbocycles. The van der Waals surface area contributed by atoms with E-state index in [1.54, 1.807) is 13.0 Å². The summed E-state index contributed by atoms with van der Waals surface area (Å²) < 4.78 is 4.50. The van der Waals surface area contributed by atoms with Gasteiger partial charge in [-0.05, 0) is 18.6 Å². The zero-order chi connectivity index (χ0) is 15.8. The number of rotatable bonds is 6. The van der Waals surface area contributed by atoms with Crippen molar-refractivity contribution in [3.05, 3.63) is 29.6 Å². The summed E-state index contributed by atoms with van der Waals surface area (Å²) in [5.74, 6) is -1.61. The van der Waals surface area contributed by atoms with Crippen LogP contribution in [0.2, 0.25) is 0 Å². The molecular weight excluding hydrogens is 278 g/mol. The number of carbonyl (C=O) groups excluding carboxylic acids is 2. The first-order chi connectivity index (χ1) is 9.97. The van der Waals surface area contributed by atoms with Crippen molar-refractivity contribution < 1.29 is 24.2 Å². The van der Waals surface area contributed by atoms with Gasteiger partial charge in [0.05, 0.1) is 7.11 Å². The molecule has 114 valence electrons. The van der Waals surface area contributed by atoms with Crippen molar-refractivity contribution in [2.24, 2.45) is 0 Å². The smallest absolute Gasteiger partial charge is 0.354 e. The molecular formula is C13H17N3O5. The largest absolute Gasteiger partial charge is 0.477 e. The van der Waals surface area contributed by atoms with Crippen molar-refractivity contribution >= 4 is 18.0 Å². The maximum Gasteiger partial charge on any atom is 0.354 e. The van der Waals surface area contributed by atoms with Gasteiger partial charge in [0.1, 0.15) is 12.2 Å². The first-order valence-corrected chi connectivity index (χ1v) is 6.25. The summed E-state index contributed by atoms with van der Waals surface area (Å²) in [5.41, 5.74) is 0.591. The lowest BCUT2D eigenvalue weighted by Gasteiger charge is -2.19. The number of esters is 1. The second kappa shape index (κ2) is 7.83. The standard InChI is InChI=1S/C13H17N3O5/c1-3-16(8-11(17)21-2)13(20)15-7-9-4-5-10(12(18)19)14-6-9/h4-6H,3,7-8H2,1-2H3,(H,15,20)(H,18,19). The van der Waals surface area contributed by atoms with Crippen molar-refractivity contribution in [3.8, 4) is 0 Å². The molecule has 0 aliphatic heterocycles. The molecule has 1 heterocycles. The predicted octanol–water partition coefficient (Wildman–Crippen LogP) is 0.484. The first kappa shape index (κ1) is 16.4. The van der Waals surface area contributed by atoms with Crippen molar-refractivity contribution in [2.45, 2.75) is 13.5 Å². The number of methoxy groups -OCH3 is 1. The number of aromatic nitrogens is 1. The third-order valence-corrected chi connectivity index (χ3v) is 2.70. The number of hydrogen-bond donors (Lipinski definition) is 2. The van der Waals surface area contributed by atoms with E-state index < -0.39 is 18.0 Å². The molecule has 8 heteroatoms. The fourth-order valence-corrected chi connectivity index (χ4v) is 1.49. The number of urea groups is 1. The number of hydrogen-bond acceptors (Lipinski definition) is 5. The third-order valence-electron chi connectivity index (χ3n) is 2.70. The molecule has 0 aromatic carbocycles. The van der Waals surface area contributed by atoms with E-state index in [4.69, 9.17) is 5.11 Å². The lowest BCUT2D eigenvalue weighted by atomic mass is 10.2. The Balaban J connectivity index is 2.54. The fourth-order valence-electron chi connectivity index (χ4n) is 1.49. The highest BCUT2D eigenvalue weighted by Crippen LogP contribution is 2.01. The van der Waals surface area contributed by atoms with E-state index in [1.165, 1.54) is 24.3 Å². The highest BCUT2D eigenvalue weighted by atomic mass is 16.5. The Labute approximate surface area is 121 Å². The van der Waals surface area contributed by atoms with Crippen molar-refractivity contribution in [3.63, 3.8) is 0 Å². The number of nitrogens with one attached hydrogen (secondary N) is 1. The molecule has 21 heavy (non-hydrogen) atoms. The number of ether oxygens (including phenoxy) is 1. The Morgan fingerprint density at radius 3 is 2.57 bits per heavy atom. The van der Waals surface area contributed by atoms with E-state index in [9.17, 15) is 14.4 Å². The molecule has 0 fully saturated rings. The Kier molecular flexibility index (Phi) is 6.12. The second-order valence-corrected chi connectivity index (χ2v) is 4.11.